The van der Waals surface area contributed by atoms with E-state index in [4.69, 9.17) is 0 Å². The Balaban J connectivity index is 1.58. The predicted molar refractivity (Wildman–Crippen MR) is 118 cm³/mol. The van der Waals surface area contributed by atoms with Crippen LogP contribution < -0.4 is 10.2 Å². The van der Waals surface area contributed by atoms with E-state index in [1.54, 1.807) is 24.4 Å². The summed E-state index contributed by atoms with van der Waals surface area (Å²) in [5.41, 5.74) is 0.956. The number of aromatic amines is 1. The van der Waals surface area contributed by atoms with Gasteiger partial charge in [0.1, 0.15) is 23.5 Å². The Bertz CT molecular complexity index is 1510. The first-order valence-corrected chi connectivity index (χ1v) is 9.92. The Kier molecular flexibility index (Phi) is 5.34. The van der Waals surface area contributed by atoms with Crippen LogP contribution in [0.15, 0.2) is 73.4 Å². The van der Waals surface area contributed by atoms with Crippen LogP contribution in [0.5, 0.6) is 0 Å². The third kappa shape index (κ3) is 3.90. The lowest BCUT2D eigenvalue weighted by Crippen LogP contribution is -2.17. The minimum atomic E-state index is -1.15. The summed E-state index contributed by atoms with van der Waals surface area (Å²) in [4.78, 5) is 33.8. The number of aromatic nitrogens is 5. The van der Waals surface area contributed by atoms with Gasteiger partial charge < -0.3 is 10.3 Å². The SMILES string of the molecule is O=C(Nc1ccc(F)c(N(c2ccccn2)c2ncnc3nc[nH]c23)c1)c1ccc(F)c(F)c1. The monoisotopic (exact) mass is 461 g/mol. The van der Waals surface area contributed by atoms with Crippen molar-refractivity contribution in [2.24, 2.45) is 0 Å². The molecule has 0 aliphatic heterocycles. The summed E-state index contributed by atoms with van der Waals surface area (Å²) in [6.45, 7) is 0. The molecule has 0 atom stereocenters. The molecule has 11 heteroatoms. The van der Waals surface area contributed by atoms with Gasteiger partial charge in [-0.3, -0.25) is 9.69 Å². The van der Waals surface area contributed by atoms with E-state index in [1.807, 2.05) is 0 Å². The second-order valence-electron chi connectivity index (χ2n) is 7.07. The van der Waals surface area contributed by atoms with Gasteiger partial charge in [-0.15, -0.1) is 0 Å². The average molecular weight is 461 g/mol. The molecule has 0 saturated heterocycles. The Morgan fingerprint density at radius 2 is 1.74 bits per heavy atom. The minimum absolute atomic E-state index is 0.0244. The molecule has 1 amide bonds. The standard InChI is InChI=1S/C23H14F3N7O/c24-15-6-4-13(9-17(15)26)23(34)32-14-5-7-16(25)18(10-14)33(19-3-1-2-8-27-19)22-20-21(29-11-28-20)30-12-31-22/h1-12H,(H,32,34)(H,28,29,30,31). The topological polar surface area (TPSA) is 99.7 Å². The van der Waals surface area contributed by atoms with E-state index in [2.05, 4.69) is 30.2 Å². The molecular weight excluding hydrogens is 447 g/mol. The van der Waals surface area contributed by atoms with E-state index in [-0.39, 0.29) is 22.8 Å². The molecule has 0 bridgehead atoms. The van der Waals surface area contributed by atoms with Crippen molar-refractivity contribution < 1.29 is 18.0 Å². The van der Waals surface area contributed by atoms with Crippen LogP contribution in [0.2, 0.25) is 0 Å². The van der Waals surface area contributed by atoms with Crippen molar-refractivity contribution in [3.8, 4) is 0 Å². The molecule has 2 aromatic carbocycles. The number of nitrogens with zero attached hydrogens (tertiary/aromatic N) is 5. The van der Waals surface area contributed by atoms with Gasteiger partial charge in [0.25, 0.3) is 5.91 Å². The van der Waals surface area contributed by atoms with Crippen LogP contribution in [-0.4, -0.2) is 30.8 Å². The number of H-pyrrole nitrogens is 1. The molecule has 0 saturated carbocycles. The minimum Gasteiger partial charge on any atom is -0.340 e. The fraction of sp³-hybridized carbons (Fsp3) is 0. The number of fused-ring (bicyclic) bond motifs is 1. The summed E-state index contributed by atoms with van der Waals surface area (Å²) in [5.74, 6) is -2.91. The van der Waals surface area contributed by atoms with E-state index >= 15 is 4.39 Å². The molecule has 3 heterocycles. The summed E-state index contributed by atoms with van der Waals surface area (Å²) in [5, 5.41) is 2.57. The van der Waals surface area contributed by atoms with Crippen molar-refractivity contribution in [3.05, 3.63) is 96.5 Å². The third-order valence-corrected chi connectivity index (χ3v) is 4.92. The van der Waals surface area contributed by atoms with Crippen molar-refractivity contribution in [2.75, 3.05) is 10.2 Å². The molecule has 2 N–H and O–H groups in total. The molecule has 0 aliphatic rings. The van der Waals surface area contributed by atoms with Gasteiger partial charge in [-0.1, -0.05) is 6.07 Å². The van der Waals surface area contributed by atoms with E-state index in [1.165, 1.54) is 29.7 Å². The van der Waals surface area contributed by atoms with Crippen molar-refractivity contribution in [1.29, 1.82) is 0 Å². The van der Waals surface area contributed by atoms with Crippen LogP contribution in [-0.2, 0) is 0 Å². The number of carbonyl (C=O) groups is 1. The third-order valence-electron chi connectivity index (χ3n) is 4.92. The molecule has 5 rings (SSSR count). The zero-order chi connectivity index (χ0) is 23.7. The molecule has 8 nitrogen and oxygen atoms in total. The number of amides is 1. The largest absolute Gasteiger partial charge is 0.340 e. The molecule has 34 heavy (non-hydrogen) atoms. The summed E-state index contributed by atoms with van der Waals surface area (Å²) >= 11 is 0. The predicted octanol–water partition coefficient (Wildman–Crippen LogP) is 4.89. The molecule has 0 spiro atoms. The fourth-order valence-corrected chi connectivity index (χ4v) is 3.36. The van der Waals surface area contributed by atoms with Gasteiger partial charge in [0.05, 0.1) is 12.0 Å². The Morgan fingerprint density at radius 1 is 0.882 bits per heavy atom. The highest BCUT2D eigenvalue weighted by molar-refractivity contribution is 6.04. The van der Waals surface area contributed by atoms with Crippen LogP contribution in [0.25, 0.3) is 11.2 Å². The van der Waals surface area contributed by atoms with E-state index in [0.717, 1.165) is 24.3 Å². The van der Waals surface area contributed by atoms with E-state index < -0.39 is 23.4 Å². The second kappa shape index (κ2) is 8.62. The first kappa shape index (κ1) is 21.1. The van der Waals surface area contributed by atoms with Crippen molar-refractivity contribution >= 4 is 40.1 Å². The molecule has 0 radical (unpaired) electrons. The maximum Gasteiger partial charge on any atom is 0.255 e. The van der Waals surface area contributed by atoms with Crippen LogP contribution in [0.3, 0.4) is 0 Å². The highest BCUT2D eigenvalue weighted by Gasteiger charge is 2.23. The molecule has 168 valence electrons. The number of hydrogen-bond donors (Lipinski definition) is 2. The van der Waals surface area contributed by atoms with Gasteiger partial charge in [0.2, 0.25) is 0 Å². The zero-order valence-corrected chi connectivity index (χ0v) is 17.2. The highest BCUT2D eigenvalue weighted by atomic mass is 19.2. The van der Waals surface area contributed by atoms with Gasteiger partial charge in [0, 0.05) is 17.4 Å². The van der Waals surface area contributed by atoms with E-state index in [9.17, 15) is 13.6 Å². The fourth-order valence-electron chi connectivity index (χ4n) is 3.36. The summed E-state index contributed by atoms with van der Waals surface area (Å²) in [6, 6.07) is 11.8. The maximum atomic E-state index is 15.1. The van der Waals surface area contributed by atoms with Gasteiger partial charge in [-0.2, -0.15) is 0 Å². The maximum absolute atomic E-state index is 15.1. The smallest absolute Gasteiger partial charge is 0.255 e. The van der Waals surface area contributed by atoms with E-state index in [0.29, 0.717) is 17.0 Å². The van der Waals surface area contributed by atoms with Gasteiger partial charge in [0.15, 0.2) is 23.1 Å². The van der Waals surface area contributed by atoms with Crippen LogP contribution in [0, 0.1) is 17.5 Å². The summed E-state index contributed by atoms with van der Waals surface area (Å²) in [6.07, 6.45) is 4.27. The van der Waals surface area contributed by atoms with Crippen LogP contribution in [0.1, 0.15) is 10.4 Å². The Hall–Kier alpha value is -4.80. The number of hydrogen-bond acceptors (Lipinski definition) is 6. The van der Waals surface area contributed by atoms with Crippen molar-refractivity contribution in [1.82, 2.24) is 24.9 Å². The summed E-state index contributed by atoms with van der Waals surface area (Å²) in [7, 11) is 0. The molecule has 0 unspecified atom stereocenters. The van der Waals surface area contributed by atoms with Crippen molar-refractivity contribution in [3.63, 3.8) is 0 Å². The van der Waals surface area contributed by atoms with Gasteiger partial charge in [-0.25, -0.2) is 33.1 Å². The first-order chi connectivity index (χ1) is 16.5. The quantitative estimate of drug-likeness (QED) is 0.387. The van der Waals surface area contributed by atoms with Gasteiger partial charge >= 0.3 is 0 Å². The number of halogens is 3. The van der Waals surface area contributed by atoms with Gasteiger partial charge in [-0.05, 0) is 48.5 Å². The number of anilines is 4. The lowest BCUT2D eigenvalue weighted by Gasteiger charge is -2.24. The van der Waals surface area contributed by atoms with Crippen LogP contribution in [0.4, 0.5) is 36.2 Å². The second-order valence-corrected chi connectivity index (χ2v) is 7.07. The average Bonchev–Trinajstić information content (AvgIpc) is 3.33. The number of carbonyl (C=O) groups excluding carboxylic acids is 1. The number of benzene rings is 2. The highest BCUT2D eigenvalue weighted by Crippen LogP contribution is 2.37. The Labute approximate surface area is 190 Å². The number of rotatable bonds is 5. The molecule has 0 fully saturated rings. The number of nitrogens with one attached hydrogen (secondary N) is 2. The molecule has 5 aromatic rings. The molecule has 3 aromatic heterocycles. The lowest BCUT2D eigenvalue weighted by molar-refractivity contribution is 0.102. The first-order valence-electron chi connectivity index (χ1n) is 9.92. The molecular formula is C23H14F3N7O. The summed E-state index contributed by atoms with van der Waals surface area (Å²) < 4.78 is 41.9. The molecule has 0 aliphatic carbocycles. The number of pyridine rings is 1. The number of imidazole rings is 1. The Morgan fingerprint density at radius 3 is 2.53 bits per heavy atom. The van der Waals surface area contributed by atoms with Crippen LogP contribution >= 0.6 is 0 Å². The normalized spacial score (nSPS) is 10.9. The lowest BCUT2D eigenvalue weighted by atomic mass is 10.2. The zero-order valence-electron chi connectivity index (χ0n) is 17.2. The van der Waals surface area contributed by atoms with Crippen molar-refractivity contribution in [2.45, 2.75) is 0 Å².